The number of thiocarbonyl (C=S) groups is 1. The smallest absolute Gasteiger partial charge is 0.173 e. The summed E-state index contributed by atoms with van der Waals surface area (Å²) in [6.45, 7) is 0.996. The molecule has 1 aliphatic rings. The van der Waals surface area contributed by atoms with E-state index in [0.29, 0.717) is 6.04 Å². The van der Waals surface area contributed by atoms with Crippen LogP contribution in [-0.2, 0) is 0 Å². The Kier molecular flexibility index (Phi) is 5.25. The lowest BCUT2D eigenvalue weighted by atomic mass is 9.97. The molecule has 1 saturated heterocycles. The summed E-state index contributed by atoms with van der Waals surface area (Å²) in [7, 11) is 0. The maximum atomic E-state index is 5.66. The van der Waals surface area contributed by atoms with Crippen LogP contribution in [0.25, 0.3) is 0 Å². The quantitative estimate of drug-likeness (QED) is 0.564. The minimum absolute atomic E-state index is 0.325. The lowest BCUT2D eigenvalue weighted by molar-refractivity contribution is 0.248. The monoisotopic (exact) mass is 423 g/mol. The zero-order valence-corrected chi connectivity index (χ0v) is 15.2. The summed E-state index contributed by atoms with van der Waals surface area (Å²) in [6, 6.07) is 12.8. The normalized spacial score (nSPS) is 18.0. The highest BCUT2D eigenvalue weighted by atomic mass is 127. The molecule has 1 aliphatic heterocycles. The number of nitrogens with zero attached hydrogens (tertiary/aromatic N) is 2. The van der Waals surface area contributed by atoms with Crippen LogP contribution in [0.2, 0.25) is 0 Å². The molecule has 1 aromatic heterocycles. The van der Waals surface area contributed by atoms with E-state index in [0.717, 1.165) is 23.8 Å². The molecule has 0 bridgehead atoms. The molecular weight excluding hydrogens is 405 g/mol. The lowest BCUT2D eigenvalue weighted by Gasteiger charge is -2.37. The van der Waals surface area contributed by atoms with E-state index in [2.05, 4.69) is 68.1 Å². The van der Waals surface area contributed by atoms with Crippen LogP contribution in [0.4, 0.5) is 5.69 Å². The molecule has 1 fully saturated rings. The Balaban J connectivity index is 1.75. The molecule has 5 heteroatoms. The fourth-order valence-electron chi connectivity index (χ4n) is 2.82. The van der Waals surface area contributed by atoms with Gasteiger partial charge in [0.1, 0.15) is 0 Å². The minimum atomic E-state index is 0.325. The number of aromatic nitrogens is 1. The first-order valence-electron chi connectivity index (χ1n) is 7.47. The van der Waals surface area contributed by atoms with Gasteiger partial charge in [0.05, 0.1) is 6.04 Å². The van der Waals surface area contributed by atoms with E-state index in [9.17, 15) is 0 Å². The molecule has 3 rings (SSSR count). The molecule has 0 saturated carbocycles. The van der Waals surface area contributed by atoms with Gasteiger partial charge in [0.15, 0.2) is 5.11 Å². The molecule has 0 unspecified atom stereocenters. The van der Waals surface area contributed by atoms with E-state index in [1.807, 2.05) is 18.5 Å². The predicted octanol–water partition coefficient (Wildman–Crippen LogP) is 4.61. The number of pyridine rings is 1. The largest absolute Gasteiger partial charge is 0.342 e. The second-order valence-corrected chi connectivity index (χ2v) is 7.06. The lowest BCUT2D eigenvalue weighted by Crippen LogP contribution is -2.41. The van der Waals surface area contributed by atoms with E-state index in [-0.39, 0.29) is 0 Å². The first-order chi connectivity index (χ1) is 10.7. The maximum absolute atomic E-state index is 5.66. The molecule has 0 radical (unpaired) electrons. The third-order valence-corrected chi connectivity index (χ3v) is 4.98. The van der Waals surface area contributed by atoms with Crippen LogP contribution < -0.4 is 5.32 Å². The van der Waals surface area contributed by atoms with Gasteiger partial charge in [0.2, 0.25) is 0 Å². The number of likely N-dealkylation sites (tertiary alicyclic amines) is 1. The van der Waals surface area contributed by atoms with Gasteiger partial charge >= 0.3 is 0 Å². The van der Waals surface area contributed by atoms with Gasteiger partial charge < -0.3 is 10.2 Å². The maximum Gasteiger partial charge on any atom is 0.173 e. The summed E-state index contributed by atoms with van der Waals surface area (Å²) < 4.78 is 1.22. The van der Waals surface area contributed by atoms with Gasteiger partial charge in [-0.1, -0.05) is 6.07 Å². The number of piperidine rings is 1. The molecule has 2 aromatic rings. The number of rotatable bonds is 2. The summed E-state index contributed by atoms with van der Waals surface area (Å²) in [5.41, 5.74) is 2.29. The van der Waals surface area contributed by atoms with E-state index in [1.165, 1.54) is 22.0 Å². The Labute approximate surface area is 150 Å². The third kappa shape index (κ3) is 3.76. The van der Waals surface area contributed by atoms with Crippen LogP contribution in [0.5, 0.6) is 0 Å². The van der Waals surface area contributed by atoms with Crippen LogP contribution in [0.3, 0.4) is 0 Å². The second kappa shape index (κ2) is 7.37. The van der Waals surface area contributed by atoms with Crippen molar-refractivity contribution in [1.29, 1.82) is 0 Å². The van der Waals surface area contributed by atoms with Crippen molar-refractivity contribution in [2.24, 2.45) is 0 Å². The number of halogens is 1. The van der Waals surface area contributed by atoms with E-state index in [1.54, 1.807) is 0 Å². The summed E-state index contributed by atoms with van der Waals surface area (Å²) in [6.07, 6.45) is 7.32. The first-order valence-corrected chi connectivity index (χ1v) is 8.96. The molecule has 1 atom stereocenters. The third-order valence-electron chi connectivity index (χ3n) is 3.93. The molecule has 1 N–H and O–H groups in total. The topological polar surface area (TPSA) is 28.2 Å². The van der Waals surface area contributed by atoms with Gasteiger partial charge in [0, 0.05) is 28.2 Å². The number of hydrogen-bond acceptors (Lipinski definition) is 2. The van der Waals surface area contributed by atoms with E-state index < -0.39 is 0 Å². The average molecular weight is 423 g/mol. The van der Waals surface area contributed by atoms with Crippen molar-refractivity contribution in [1.82, 2.24) is 9.88 Å². The molecule has 0 amide bonds. The molecule has 22 heavy (non-hydrogen) atoms. The van der Waals surface area contributed by atoms with Crippen LogP contribution in [0.15, 0.2) is 48.8 Å². The van der Waals surface area contributed by atoms with Crippen molar-refractivity contribution >= 4 is 45.6 Å². The fourth-order valence-corrected chi connectivity index (χ4v) is 3.52. The zero-order chi connectivity index (χ0) is 15.4. The van der Waals surface area contributed by atoms with Crippen molar-refractivity contribution in [2.75, 3.05) is 11.9 Å². The predicted molar refractivity (Wildman–Crippen MR) is 103 cm³/mol. The van der Waals surface area contributed by atoms with Crippen LogP contribution in [0.1, 0.15) is 30.9 Å². The van der Waals surface area contributed by atoms with Gasteiger partial charge in [-0.25, -0.2) is 0 Å². The van der Waals surface area contributed by atoms with Gasteiger partial charge in [-0.05, 0) is 90.0 Å². The Hall–Kier alpha value is -1.21. The molecule has 1 aromatic carbocycles. The number of nitrogens with one attached hydrogen (secondary N) is 1. The van der Waals surface area contributed by atoms with Gasteiger partial charge in [0.25, 0.3) is 0 Å². The molecule has 3 nitrogen and oxygen atoms in total. The fraction of sp³-hybridized carbons (Fsp3) is 0.294. The summed E-state index contributed by atoms with van der Waals surface area (Å²) in [5, 5.41) is 4.17. The second-order valence-electron chi connectivity index (χ2n) is 5.43. The van der Waals surface area contributed by atoms with Crippen LogP contribution >= 0.6 is 34.8 Å². The molecular formula is C17H18IN3S. The standard InChI is InChI=1S/C17H18IN3S/c18-14-6-8-15(9-7-14)20-17(22)21-11-2-1-5-16(21)13-4-3-10-19-12-13/h3-4,6-10,12,16H,1-2,5,11H2,(H,20,22)/t16-/m1/s1. The molecule has 0 spiro atoms. The summed E-state index contributed by atoms with van der Waals surface area (Å²) in [4.78, 5) is 6.56. The number of hydrogen-bond donors (Lipinski definition) is 1. The van der Waals surface area contributed by atoms with Crippen molar-refractivity contribution in [3.63, 3.8) is 0 Å². The summed E-state index contributed by atoms with van der Waals surface area (Å²) >= 11 is 7.96. The molecule has 0 aliphatic carbocycles. The van der Waals surface area contributed by atoms with Crippen molar-refractivity contribution in [3.8, 4) is 0 Å². The van der Waals surface area contributed by atoms with Gasteiger partial charge in [-0.15, -0.1) is 0 Å². The first kappa shape index (κ1) is 15.7. The number of benzene rings is 1. The van der Waals surface area contributed by atoms with Crippen molar-refractivity contribution < 1.29 is 0 Å². The van der Waals surface area contributed by atoms with E-state index >= 15 is 0 Å². The summed E-state index contributed by atoms with van der Waals surface area (Å²) in [5.74, 6) is 0. The van der Waals surface area contributed by atoms with Gasteiger partial charge in [-0.2, -0.15) is 0 Å². The zero-order valence-electron chi connectivity index (χ0n) is 12.2. The van der Waals surface area contributed by atoms with Crippen LogP contribution in [0, 0.1) is 3.57 Å². The highest BCUT2D eigenvalue weighted by Gasteiger charge is 2.26. The highest BCUT2D eigenvalue weighted by molar-refractivity contribution is 14.1. The molecule has 114 valence electrons. The Morgan fingerprint density at radius 2 is 2.05 bits per heavy atom. The Bertz CT molecular complexity index is 630. The SMILES string of the molecule is S=C(Nc1ccc(I)cc1)N1CCCC[C@@H]1c1cccnc1. The molecule has 2 heterocycles. The Morgan fingerprint density at radius 3 is 2.77 bits per heavy atom. The van der Waals surface area contributed by atoms with Crippen LogP contribution in [-0.4, -0.2) is 21.5 Å². The average Bonchev–Trinajstić information content (AvgIpc) is 2.58. The number of anilines is 1. The van der Waals surface area contributed by atoms with E-state index in [4.69, 9.17) is 12.2 Å². The highest BCUT2D eigenvalue weighted by Crippen LogP contribution is 2.31. The minimum Gasteiger partial charge on any atom is -0.342 e. The van der Waals surface area contributed by atoms with Crippen molar-refractivity contribution in [2.45, 2.75) is 25.3 Å². The Morgan fingerprint density at radius 1 is 1.23 bits per heavy atom. The van der Waals surface area contributed by atoms with Gasteiger partial charge in [-0.3, -0.25) is 4.98 Å². The van der Waals surface area contributed by atoms with Crippen molar-refractivity contribution in [3.05, 3.63) is 57.9 Å².